The third-order valence-electron chi connectivity index (χ3n) is 6.09. The van der Waals surface area contributed by atoms with Crippen molar-refractivity contribution in [2.75, 3.05) is 19.8 Å². The molecule has 0 bridgehead atoms. The molecule has 200 valence electrons. The van der Waals surface area contributed by atoms with Crippen molar-refractivity contribution in [1.82, 2.24) is 9.62 Å². The van der Waals surface area contributed by atoms with Crippen molar-refractivity contribution in [3.05, 3.63) is 82.7 Å². The summed E-state index contributed by atoms with van der Waals surface area (Å²) in [6.45, 7) is 11.0. The number of nitrogens with one attached hydrogen (secondary N) is 1. The Balaban J connectivity index is 0.00000235. The summed E-state index contributed by atoms with van der Waals surface area (Å²) in [7, 11) is 0.435. The summed E-state index contributed by atoms with van der Waals surface area (Å²) in [6, 6.07) is 17.3. The highest BCUT2D eigenvalue weighted by molar-refractivity contribution is 7.98. The number of nitrogens with zero attached hydrogens (tertiary/aromatic N) is 1. The summed E-state index contributed by atoms with van der Waals surface area (Å²) in [6.07, 6.45) is 3.11. The quantitative estimate of drug-likeness (QED) is 0.272. The molecule has 0 spiro atoms. The maximum Gasteiger partial charge on any atom is 0.254 e. The van der Waals surface area contributed by atoms with Crippen LogP contribution >= 0.6 is 11.8 Å². The number of thioether (sulfide) groups is 1. The summed E-state index contributed by atoms with van der Waals surface area (Å²) in [5.41, 5.74) is 5.10. The largest absolute Gasteiger partial charge is 0.334 e. The molecule has 3 aromatic rings. The van der Waals surface area contributed by atoms with Crippen LogP contribution in [0.2, 0.25) is 0 Å². The number of rotatable bonds is 10. The number of benzene rings is 3. The van der Waals surface area contributed by atoms with Crippen LogP contribution in [0.25, 0.3) is 11.1 Å². The van der Waals surface area contributed by atoms with Gasteiger partial charge in [-0.1, -0.05) is 52.0 Å². The van der Waals surface area contributed by atoms with E-state index in [1.807, 2.05) is 70.0 Å². The molecule has 0 aromatic heterocycles. The van der Waals surface area contributed by atoms with E-state index in [1.54, 1.807) is 19.2 Å². The van der Waals surface area contributed by atoms with Gasteiger partial charge in [0, 0.05) is 29.1 Å². The predicted octanol–water partition coefficient (Wildman–Crippen LogP) is 7.41. The highest BCUT2D eigenvalue weighted by atomic mass is 32.2. The molecular weight excluding hydrogens is 503 g/mol. The summed E-state index contributed by atoms with van der Waals surface area (Å²) in [4.78, 5) is 16.7. The van der Waals surface area contributed by atoms with E-state index in [1.165, 1.54) is 11.8 Å². The van der Waals surface area contributed by atoms with Gasteiger partial charge in [-0.05, 0) is 85.7 Å². The lowest BCUT2D eigenvalue weighted by Gasteiger charge is -2.25. The third kappa shape index (κ3) is 7.53. The van der Waals surface area contributed by atoms with Crippen molar-refractivity contribution in [2.45, 2.75) is 63.8 Å². The Labute approximate surface area is 228 Å². The van der Waals surface area contributed by atoms with Crippen molar-refractivity contribution < 1.29 is 13.4 Å². The van der Waals surface area contributed by atoms with Crippen molar-refractivity contribution in [1.29, 1.82) is 0 Å². The number of aryl methyl sites for hydroxylation is 1. The van der Waals surface area contributed by atoms with Crippen LogP contribution in [0.5, 0.6) is 0 Å². The number of amides is 1. The maximum atomic E-state index is 15.0. The van der Waals surface area contributed by atoms with Crippen LogP contribution in [0.3, 0.4) is 0 Å². The summed E-state index contributed by atoms with van der Waals surface area (Å²) in [5.74, 6) is -0.429. The molecule has 0 saturated carbocycles. The normalized spacial score (nSPS) is 11.5. The van der Waals surface area contributed by atoms with Gasteiger partial charge in [0.15, 0.2) is 0 Å². The van der Waals surface area contributed by atoms with E-state index in [4.69, 9.17) is 0 Å². The van der Waals surface area contributed by atoms with Crippen LogP contribution in [0, 0.1) is 12.7 Å². The van der Waals surface area contributed by atoms with Gasteiger partial charge in [-0.2, -0.15) is 0 Å². The van der Waals surface area contributed by atoms with Gasteiger partial charge in [0.1, 0.15) is 16.8 Å². The minimum atomic E-state index is -1.23. The van der Waals surface area contributed by atoms with E-state index in [9.17, 15) is 13.4 Å². The first kappa shape index (κ1) is 30.7. The molecule has 3 aromatic carbocycles. The molecule has 3 rings (SSSR count). The van der Waals surface area contributed by atoms with Gasteiger partial charge in [-0.15, -0.1) is 11.8 Å². The van der Waals surface area contributed by atoms with Crippen LogP contribution < -0.4 is 4.72 Å². The van der Waals surface area contributed by atoms with Crippen LogP contribution in [0.1, 0.15) is 61.2 Å². The Bertz CT molecular complexity index is 1210. The lowest BCUT2D eigenvalue weighted by molar-refractivity contribution is 0.0741. The molecule has 1 unspecified atom stereocenters. The van der Waals surface area contributed by atoms with Crippen molar-refractivity contribution in [3.8, 4) is 11.1 Å². The van der Waals surface area contributed by atoms with Crippen LogP contribution in [-0.2, 0) is 24.0 Å². The molecule has 0 saturated heterocycles. The SMILES string of the molecule is CC.CCCN(Cc1cc(-c2ccc(S(=O)NC)cc2)ccc1C)C(=O)c1ccc(SC)c(F)c1CC. The van der Waals surface area contributed by atoms with Gasteiger partial charge in [0.05, 0.1) is 4.90 Å². The molecule has 0 radical (unpaired) electrons. The van der Waals surface area contributed by atoms with Crippen LogP contribution in [-0.4, -0.2) is 34.9 Å². The first-order chi connectivity index (χ1) is 17.8. The minimum Gasteiger partial charge on any atom is -0.334 e. The van der Waals surface area contributed by atoms with Gasteiger partial charge >= 0.3 is 0 Å². The summed E-state index contributed by atoms with van der Waals surface area (Å²) >= 11 is 1.35. The van der Waals surface area contributed by atoms with Crippen molar-refractivity contribution in [2.24, 2.45) is 0 Å². The number of hydrogen-bond acceptors (Lipinski definition) is 3. The molecular formula is C30H39FN2O2S2. The molecule has 1 N–H and O–H groups in total. The molecule has 37 heavy (non-hydrogen) atoms. The van der Waals surface area contributed by atoms with Crippen LogP contribution in [0.4, 0.5) is 4.39 Å². The van der Waals surface area contributed by atoms with E-state index >= 15 is 0 Å². The highest BCUT2D eigenvalue weighted by Gasteiger charge is 2.22. The van der Waals surface area contributed by atoms with E-state index in [2.05, 4.69) is 22.9 Å². The van der Waals surface area contributed by atoms with Crippen molar-refractivity contribution in [3.63, 3.8) is 0 Å². The molecule has 0 heterocycles. The van der Waals surface area contributed by atoms with E-state index in [-0.39, 0.29) is 11.7 Å². The summed E-state index contributed by atoms with van der Waals surface area (Å²) < 4.78 is 29.7. The standard InChI is InChI=1S/C28H33FN2O2S2.C2H6/c1-6-16-31(28(32)25-14-15-26(34-5)27(29)24(25)7-2)18-22-17-21(9-8-19(22)3)20-10-12-23(13-11-20)35(33)30-4;1-2/h8-15,17,30H,6-7,16,18H2,1-5H3;1-2H3. The molecule has 0 fully saturated rings. The fourth-order valence-corrected chi connectivity index (χ4v) is 5.24. The lowest BCUT2D eigenvalue weighted by Crippen LogP contribution is -2.32. The first-order valence-corrected chi connectivity index (χ1v) is 15.2. The van der Waals surface area contributed by atoms with Crippen molar-refractivity contribution >= 4 is 28.7 Å². The predicted molar refractivity (Wildman–Crippen MR) is 156 cm³/mol. The molecule has 1 amide bonds. The Hall–Kier alpha value is -2.48. The number of carbonyl (C=O) groups excluding carboxylic acids is 1. The van der Waals surface area contributed by atoms with Gasteiger partial charge in [0.2, 0.25) is 0 Å². The first-order valence-electron chi connectivity index (χ1n) is 12.8. The molecule has 7 heteroatoms. The smallest absolute Gasteiger partial charge is 0.254 e. The number of halogens is 1. The maximum absolute atomic E-state index is 15.0. The zero-order chi connectivity index (χ0) is 27.5. The highest BCUT2D eigenvalue weighted by Crippen LogP contribution is 2.28. The minimum absolute atomic E-state index is 0.140. The fourth-order valence-electron chi connectivity index (χ4n) is 4.11. The lowest BCUT2D eigenvalue weighted by atomic mass is 9.98. The second-order valence-corrected chi connectivity index (χ2v) is 10.6. The van der Waals surface area contributed by atoms with E-state index < -0.39 is 11.0 Å². The topological polar surface area (TPSA) is 49.4 Å². The van der Waals surface area contributed by atoms with Gasteiger partial charge in [-0.3, -0.25) is 4.79 Å². The monoisotopic (exact) mass is 542 g/mol. The molecule has 0 aliphatic carbocycles. The molecule has 4 nitrogen and oxygen atoms in total. The average Bonchev–Trinajstić information content (AvgIpc) is 2.94. The van der Waals surface area contributed by atoms with Gasteiger partial charge in [-0.25, -0.2) is 13.3 Å². The molecule has 1 atom stereocenters. The zero-order valence-electron chi connectivity index (χ0n) is 23.0. The third-order valence-corrected chi connectivity index (χ3v) is 7.92. The Morgan fingerprint density at radius 1 is 1.03 bits per heavy atom. The van der Waals surface area contributed by atoms with E-state index in [0.29, 0.717) is 35.5 Å². The van der Waals surface area contributed by atoms with Gasteiger partial charge in [0.25, 0.3) is 5.91 Å². The van der Waals surface area contributed by atoms with E-state index in [0.717, 1.165) is 33.6 Å². The van der Waals surface area contributed by atoms with Crippen LogP contribution in [0.15, 0.2) is 64.4 Å². The average molecular weight is 543 g/mol. The summed E-state index contributed by atoms with van der Waals surface area (Å²) in [5, 5.41) is 0. The Morgan fingerprint density at radius 2 is 1.68 bits per heavy atom. The number of carbonyl (C=O) groups is 1. The number of hydrogen-bond donors (Lipinski definition) is 1. The van der Waals surface area contributed by atoms with Gasteiger partial charge < -0.3 is 4.90 Å². The fraction of sp³-hybridized carbons (Fsp3) is 0.367. The second kappa shape index (κ2) is 15.1. The molecule has 0 aliphatic heterocycles. The molecule has 0 aliphatic rings. The zero-order valence-corrected chi connectivity index (χ0v) is 24.6. The Morgan fingerprint density at radius 3 is 2.24 bits per heavy atom. The Kier molecular flexibility index (Phi) is 12.5. The second-order valence-electron chi connectivity index (χ2n) is 8.33.